The van der Waals surface area contributed by atoms with Crippen molar-refractivity contribution in [1.29, 1.82) is 0 Å². The van der Waals surface area contributed by atoms with Crippen molar-refractivity contribution in [2.45, 2.75) is 32.1 Å². The van der Waals surface area contributed by atoms with Crippen LogP contribution in [0.5, 0.6) is 0 Å². The van der Waals surface area contributed by atoms with E-state index in [1.165, 1.54) is 30.5 Å². The van der Waals surface area contributed by atoms with Crippen LogP contribution in [0.1, 0.15) is 30.5 Å². The van der Waals surface area contributed by atoms with E-state index < -0.39 is 0 Å². The third-order valence-electron chi connectivity index (χ3n) is 3.35. The normalized spacial score (nSPS) is 14.8. The quantitative estimate of drug-likeness (QED) is 0.602. The average molecular weight is 265 g/mol. The van der Waals surface area contributed by atoms with Gasteiger partial charge in [-0.3, -0.25) is 0 Å². The van der Waals surface area contributed by atoms with E-state index in [1.807, 2.05) is 0 Å². The van der Waals surface area contributed by atoms with Crippen molar-refractivity contribution >= 4 is 5.82 Å². The molecule has 0 aliphatic heterocycles. The van der Waals surface area contributed by atoms with Gasteiger partial charge in [-0.1, -0.05) is 6.42 Å². The van der Waals surface area contributed by atoms with E-state index >= 15 is 0 Å². The van der Waals surface area contributed by atoms with Gasteiger partial charge < -0.3 is 14.8 Å². The van der Waals surface area contributed by atoms with Crippen LogP contribution in [0, 0.1) is 0 Å². The molecule has 19 heavy (non-hydrogen) atoms. The predicted molar refractivity (Wildman–Crippen MR) is 74.5 cm³/mol. The van der Waals surface area contributed by atoms with Gasteiger partial charge in [-0.05, 0) is 25.7 Å². The molecule has 1 aromatic rings. The Balaban J connectivity index is 1.83. The Morgan fingerprint density at radius 2 is 2.00 bits per heavy atom. The van der Waals surface area contributed by atoms with Crippen molar-refractivity contribution in [3.05, 3.63) is 17.6 Å². The zero-order valence-corrected chi connectivity index (χ0v) is 11.7. The minimum atomic E-state index is 0.639. The summed E-state index contributed by atoms with van der Waals surface area (Å²) in [4.78, 5) is 8.77. The number of fused-ring (bicyclic) bond motifs is 1. The number of methoxy groups -OCH3 is 1. The van der Waals surface area contributed by atoms with E-state index in [2.05, 4.69) is 15.3 Å². The number of rotatable bonds is 7. The summed E-state index contributed by atoms with van der Waals surface area (Å²) in [7, 11) is 1.68. The smallest absolute Gasteiger partial charge is 0.132 e. The monoisotopic (exact) mass is 265 g/mol. The molecule has 0 fully saturated rings. The van der Waals surface area contributed by atoms with Crippen LogP contribution in [0.25, 0.3) is 0 Å². The Bertz CT molecular complexity index is 385. The standard InChI is InChI=1S/C14H23N3O2/c1-18-9-10-19-8-7-15-14-12-5-3-2-4-6-13(12)16-11-17-14/h11H,2-10H2,1H3,(H,15,16,17). The van der Waals surface area contributed by atoms with Crippen molar-refractivity contribution in [2.75, 3.05) is 38.8 Å². The minimum Gasteiger partial charge on any atom is -0.382 e. The van der Waals surface area contributed by atoms with Gasteiger partial charge in [0.25, 0.3) is 0 Å². The molecule has 0 spiro atoms. The molecule has 0 bridgehead atoms. The number of hydrogen-bond donors (Lipinski definition) is 1. The Labute approximate surface area is 114 Å². The number of aryl methyl sites for hydroxylation is 1. The fraction of sp³-hybridized carbons (Fsp3) is 0.714. The number of nitrogens with one attached hydrogen (secondary N) is 1. The largest absolute Gasteiger partial charge is 0.382 e. The molecule has 0 aromatic carbocycles. The van der Waals surface area contributed by atoms with Gasteiger partial charge in [-0.15, -0.1) is 0 Å². The molecule has 2 rings (SSSR count). The molecule has 106 valence electrons. The van der Waals surface area contributed by atoms with Gasteiger partial charge in [0.2, 0.25) is 0 Å². The highest BCUT2D eigenvalue weighted by Gasteiger charge is 2.13. The Hall–Kier alpha value is -1.20. The lowest BCUT2D eigenvalue weighted by molar-refractivity contribution is 0.0759. The van der Waals surface area contributed by atoms with Crippen LogP contribution in [0.15, 0.2) is 6.33 Å². The zero-order chi connectivity index (χ0) is 13.3. The van der Waals surface area contributed by atoms with Crippen LogP contribution >= 0.6 is 0 Å². The lowest BCUT2D eigenvalue weighted by Gasteiger charge is -2.12. The summed E-state index contributed by atoms with van der Waals surface area (Å²) in [6, 6.07) is 0. The molecule has 1 aromatic heterocycles. The zero-order valence-electron chi connectivity index (χ0n) is 11.7. The van der Waals surface area contributed by atoms with E-state index in [0.29, 0.717) is 19.8 Å². The highest BCUT2D eigenvalue weighted by Crippen LogP contribution is 2.23. The van der Waals surface area contributed by atoms with E-state index in [9.17, 15) is 0 Å². The predicted octanol–water partition coefficient (Wildman–Crippen LogP) is 1.82. The summed E-state index contributed by atoms with van der Waals surface area (Å²) in [6.07, 6.45) is 7.59. The Morgan fingerprint density at radius 1 is 1.11 bits per heavy atom. The van der Waals surface area contributed by atoms with Gasteiger partial charge >= 0.3 is 0 Å². The van der Waals surface area contributed by atoms with Crippen LogP contribution in [0.2, 0.25) is 0 Å². The van der Waals surface area contributed by atoms with Gasteiger partial charge in [0, 0.05) is 24.9 Å². The topological polar surface area (TPSA) is 56.3 Å². The summed E-state index contributed by atoms with van der Waals surface area (Å²) in [5, 5.41) is 3.36. The first kappa shape index (κ1) is 14.2. The highest BCUT2D eigenvalue weighted by molar-refractivity contribution is 5.46. The van der Waals surface area contributed by atoms with Crippen molar-refractivity contribution in [1.82, 2.24) is 9.97 Å². The summed E-state index contributed by atoms with van der Waals surface area (Å²) < 4.78 is 10.4. The fourth-order valence-electron chi connectivity index (χ4n) is 2.34. The summed E-state index contributed by atoms with van der Waals surface area (Å²) in [5.74, 6) is 0.988. The van der Waals surface area contributed by atoms with Gasteiger partial charge in [-0.25, -0.2) is 9.97 Å². The third kappa shape index (κ3) is 4.44. The second-order valence-electron chi connectivity index (χ2n) is 4.74. The molecular formula is C14H23N3O2. The maximum absolute atomic E-state index is 5.43. The minimum absolute atomic E-state index is 0.639. The lowest BCUT2D eigenvalue weighted by Crippen LogP contribution is -2.14. The molecule has 5 heteroatoms. The van der Waals surface area contributed by atoms with Crippen molar-refractivity contribution in [3.63, 3.8) is 0 Å². The second-order valence-corrected chi connectivity index (χ2v) is 4.74. The van der Waals surface area contributed by atoms with Crippen LogP contribution in [0.3, 0.4) is 0 Å². The van der Waals surface area contributed by atoms with Crippen molar-refractivity contribution in [3.8, 4) is 0 Å². The SMILES string of the molecule is COCCOCCNc1ncnc2c1CCCCC2. The van der Waals surface area contributed by atoms with Crippen molar-refractivity contribution < 1.29 is 9.47 Å². The molecule has 0 saturated heterocycles. The average Bonchev–Trinajstić information content (AvgIpc) is 2.68. The molecule has 0 amide bonds. The molecule has 1 aliphatic rings. The first-order valence-corrected chi connectivity index (χ1v) is 7.05. The van der Waals surface area contributed by atoms with Gasteiger partial charge in [-0.2, -0.15) is 0 Å². The molecule has 1 N–H and O–H groups in total. The highest BCUT2D eigenvalue weighted by atomic mass is 16.5. The van der Waals surface area contributed by atoms with Crippen LogP contribution in [-0.2, 0) is 22.3 Å². The number of ether oxygens (including phenoxy) is 2. The van der Waals surface area contributed by atoms with E-state index in [-0.39, 0.29) is 0 Å². The van der Waals surface area contributed by atoms with E-state index in [1.54, 1.807) is 13.4 Å². The maximum atomic E-state index is 5.43. The number of anilines is 1. The van der Waals surface area contributed by atoms with Crippen LogP contribution in [-0.4, -0.2) is 43.4 Å². The molecule has 0 unspecified atom stereocenters. The molecule has 1 aliphatic carbocycles. The molecule has 1 heterocycles. The second kappa shape index (κ2) is 8.07. The third-order valence-corrected chi connectivity index (χ3v) is 3.35. The summed E-state index contributed by atoms with van der Waals surface area (Å²) in [5.41, 5.74) is 2.52. The Kier molecular flexibility index (Phi) is 6.04. The molecule has 0 radical (unpaired) electrons. The molecular weight excluding hydrogens is 242 g/mol. The van der Waals surface area contributed by atoms with Crippen LogP contribution in [0.4, 0.5) is 5.82 Å². The summed E-state index contributed by atoms with van der Waals surface area (Å²) in [6.45, 7) is 2.72. The number of nitrogens with zero attached hydrogens (tertiary/aromatic N) is 2. The van der Waals surface area contributed by atoms with Gasteiger partial charge in [0.05, 0.1) is 19.8 Å². The van der Waals surface area contributed by atoms with Gasteiger partial charge in [0.15, 0.2) is 0 Å². The molecule has 0 atom stereocenters. The number of aromatic nitrogens is 2. The van der Waals surface area contributed by atoms with E-state index in [0.717, 1.165) is 25.2 Å². The first-order chi connectivity index (χ1) is 9.42. The summed E-state index contributed by atoms with van der Waals surface area (Å²) >= 11 is 0. The lowest BCUT2D eigenvalue weighted by atomic mass is 10.1. The molecule has 5 nitrogen and oxygen atoms in total. The first-order valence-electron chi connectivity index (χ1n) is 7.05. The molecule has 0 saturated carbocycles. The van der Waals surface area contributed by atoms with E-state index in [4.69, 9.17) is 9.47 Å². The Morgan fingerprint density at radius 3 is 2.89 bits per heavy atom. The number of hydrogen-bond acceptors (Lipinski definition) is 5. The van der Waals surface area contributed by atoms with Crippen molar-refractivity contribution in [2.24, 2.45) is 0 Å². The van der Waals surface area contributed by atoms with Crippen LogP contribution < -0.4 is 5.32 Å². The van der Waals surface area contributed by atoms with Gasteiger partial charge in [0.1, 0.15) is 12.1 Å². The fourth-order valence-corrected chi connectivity index (χ4v) is 2.34. The maximum Gasteiger partial charge on any atom is 0.132 e.